The van der Waals surface area contributed by atoms with Crippen LogP contribution in [0.5, 0.6) is 0 Å². The molecule has 1 heterocycles. The number of hydrogen-bond donors (Lipinski definition) is 1. The van der Waals surface area contributed by atoms with Gasteiger partial charge in [-0.1, -0.05) is 30.3 Å². The third kappa shape index (κ3) is 3.78. The number of aryl methyl sites for hydroxylation is 3. The lowest BCUT2D eigenvalue weighted by Crippen LogP contribution is -2.35. The Morgan fingerprint density at radius 3 is 2.41 bits per heavy atom. The third-order valence-corrected chi connectivity index (χ3v) is 4.77. The lowest BCUT2D eigenvalue weighted by Gasteiger charge is -2.14. The predicted molar refractivity (Wildman–Crippen MR) is 106 cm³/mol. The summed E-state index contributed by atoms with van der Waals surface area (Å²) < 4.78 is 5.06. The number of carbonyl (C=O) groups is 2. The second kappa shape index (κ2) is 7.76. The highest BCUT2D eigenvalue weighted by atomic mass is 16.5. The molecule has 2 aromatic carbocycles. The van der Waals surface area contributed by atoms with Crippen LogP contribution in [0.1, 0.15) is 22.3 Å². The number of ether oxygens (including phenoxy) is 1. The van der Waals surface area contributed by atoms with Crippen molar-refractivity contribution >= 4 is 23.1 Å². The third-order valence-electron chi connectivity index (χ3n) is 4.77. The largest absolute Gasteiger partial charge is 0.383 e. The molecule has 1 aliphatic rings. The number of amides is 2. The van der Waals surface area contributed by atoms with Gasteiger partial charge in [-0.25, -0.2) is 0 Å². The van der Waals surface area contributed by atoms with E-state index in [1.54, 1.807) is 7.11 Å². The maximum atomic E-state index is 13.0. The molecule has 2 aromatic rings. The van der Waals surface area contributed by atoms with Gasteiger partial charge in [-0.2, -0.15) is 0 Å². The van der Waals surface area contributed by atoms with E-state index in [0.717, 1.165) is 27.9 Å². The topological polar surface area (TPSA) is 58.6 Å². The van der Waals surface area contributed by atoms with E-state index in [4.69, 9.17) is 4.74 Å². The summed E-state index contributed by atoms with van der Waals surface area (Å²) in [5.41, 5.74) is 5.52. The predicted octanol–water partition coefficient (Wildman–Crippen LogP) is 3.45. The van der Waals surface area contributed by atoms with Gasteiger partial charge in [-0.3, -0.25) is 14.5 Å². The van der Waals surface area contributed by atoms with Crippen LogP contribution in [0.2, 0.25) is 0 Å². The molecule has 1 N–H and O–H groups in total. The standard InChI is InChI=1S/C22H24N2O3/c1-14-6-5-7-18(12-14)23-20-19(17-9-8-15(2)16(3)13-17)21(25)24(22(20)26)10-11-27-4/h5-9,12-13,23H,10-11H2,1-4H3. The highest BCUT2D eigenvalue weighted by Gasteiger charge is 2.39. The highest BCUT2D eigenvalue weighted by molar-refractivity contribution is 6.36. The lowest BCUT2D eigenvalue weighted by molar-refractivity contribution is -0.137. The molecule has 140 valence electrons. The minimum absolute atomic E-state index is 0.224. The summed E-state index contributed by atoms with van der Waals surface area (Å²) in [6, 6.07) is 13.5. The van der Waals surface area contributed by atoms with Crippen molar-refractivity contribution in [1.29, 1.82) is 0 Å². The second-order valence-electron chi connectivity index (χ2n) is 6.80. The van der Waals surface area contributed by atoms with Gasteiger partial charge in [-0.05, 0) is 55.2 Å². The monoisotopic (exact) mass is 364 g/mol. The van der Waals surface area contributed by atoms with Crippen LogP contribution in [0.3, 0.4) is 0 Å². The average Bonchev–Trinajstić information content (AvgIpc) is 2.86. The number of rotatable bonds is 6. The van der Waals surface area contributed by atoms with E-state index in [0.29, 0.717) is 17.9 Å². The van der Waals surface area contributed by atoms with E-state index >= 15 is 0 Å². The molecule has 3 rings (SSSR count). The lowest BCUT2D eigenvalue weighted by atomic mass is 9.99. The van der Waals surface area contributed by atoms with Crippen molar-refractivity contribution in [2.75, 3.05) is 25.6 Å². The highest BCUT2D eigenvalue weighted by Crippen LogP contribution is 2.31. The molecule has 0 atom stereocenters. The van der Waals surface area contributed by atoms with E-state index in [9.17, 15) is 9.59 Å². The molecule has 27 heavy (non-hydrogen) atoms. The molecule has 0 aliphatic carbocycles. The van der Waals surface area contributed by atoms with Crippen molar-refractivity contribution < 1.29 is 14.3 Å². The molecular weight excluding hydrogens is 340 g/mol. The van der Waals surface area contributed by atoms with Gasteiger partial charge in [0.1, 0.15) is 5.70 Å². The van der Waals surface area contributed by atoms with Gasteiger partial charge in [0, 0.05) is 12.8 Å². The molecule has 0 spiro atoms. The first-order chi connectivity index (χ1) is 12.9. The quantitative estimate of drug-likeness (QED) is 0.798. The van der Waals surface area contributed by atoms with Crippen LogP contribution in [0.25, 0.3) is 5.57 Å². The molecule has 5 nitrogen and oxygen atoms in total. The number of nitrogens with zero attached hydrogens (tertiary/aromatic N) is 1. The normalized spacial score (nSPS) is 14.3. The Balaban J connectivity index is 2.07. The summed E-state index contributed by atoms with van der Waals surface area (Å²) in [6.45, 7) is 6.52. The molecule has 0 fully saturated rings. The number of benzene rings is 2. The minimum Gasteiger partial charge on any atom is -0.383 e. The van der Waals surface area contributed by atoms with E-state index in [1.165, 1.54) is 4.90 Å². The zero-order valence-corrected chi connectivity index (χ0v) is 16.1. The summed E-state index contributed by atoms with van der Waals surface area (Å²) in [5, 5.41) is 3.18. The van der Waals surface area contributed by atoms with E-state index in [1.807, 2.05) is 63.2 Å². The maximum Gasteiger partial charge on any atom is 0.278 e. The van der Waals surface area contributed by atoms with Crippen LogP contribution < -0.4 is 5.32 Å². The molecule has 1 aliphatic heterocycles. The number of methoxy groups -OCH3 is 1. The van der Waals surface area contributed by atoms with Crippen LogP contribution in [-0.2, 0) is 14.3 Å². The molecule has 0 aromatic heterocycles. The number of nitrogens with one attached hydrogen (secondary N) is 1. The summed E-state index contributed by atoms with van der Waals surface area (Å²) >= 11 is 0. The Morgan fingerprint density at radius 1 is 0.963 bits per heavy atom. The molecular formula is C22H24N2O3. The summed E-state index contributed by atoms with van der Waals surface area (Å²) in [4.78, 5) is 27.3. The Kier molecular flexibility index (Phi) is 5.42. The van der Waals surface area contributed by atoms with Crippen molar-refractivity contribution in [2.24, 2.45) is 0 Å². The minimum atomic E-state index is -0.327. The van der Waals surface area contributed by atoms with Crippen molar-refractivity contribution in [2.45, 2.75) is 20.8 Å². The van der Waals surface area contributed by atoms with Crippen LogP contribution in [-0.4, -0.2) is 37.0 Å². The Hall–Kier alpha value is -2.92. The first-order valence-electron chi connectivity index (χ1n) is 8.93. The van der Waals surface area contributed by atoms with Crippen molar-refractivity contribution in [3.8, 4) is 0 Å². The molecule has 0 bridgehead atoms. The van der Waals surface area contributed by atoms with Crippen LogP contribution in [0, 0.1) is 20.8 Å². The first-order valence-corrected chi connectivity index (χ1v) is 8.93. The Bertz CT molecular complexity index is 931. The van der Waals surface area contributed by atoms with Crippen molar-refractivity contribution in [3.05, 3.63) is 70.4 Å². The van der Waals surface area contributed by atoms with Gasteiger partial charge in [0.15, 0.2) is 0 Å². The molecule has 2 amide bonds. The fourth-order valence-electron chi connectivity index (χ4n) is 3.11. The smallest absolute Gasteiger partial charge is 0.278 e. The molecule has 0 radical (unpaired) electrons. The van der Waals surface area contributed by atoms with Gasteiger partial charge in [0.05, 0.1) is 18.7 Å². The van der Waals surface area contributed by atoms with Crippen molar-refractivity contribution in [3.63, 3.8) is 0 Å². The number of carbonyl (C=O) groups excluding carboxylic acids is 2. The molecule has 5 heteroatoms. The van der Waals surface area contributed by atoms with E-state index in [2.05, 4.69) is 5.32 Å². The fraction of sp³-hybridized carbons (Fsp3) is 0.273. The van der Waals surface area contributed by atoms with Gasteiger partial charge >= 0.3 is 0 Å². The Morgan fingerprint density at radius 2 is 1.74 bits per heavy atom. The Labute approximate surface area is 159 Å². The molecule has 0 unspecified atom stereocenters. The first kappa shape index (κ1) is 18.9. The zero-order chi connectivity index (χ0) is 19.6. The van der Waals surface area contributed by atoms with Gasteiger partial charge < -0.3 is 10.1 Å². The summed E-state index contributed by atoms with van der Waals surface area (Å²) in [6.07, 6.45) is 0. The average molecular weight is 364 g/mol. The molecule has 0 saturated heterocycles. The molecule has 0 saturated carbocycles. The number of imide groups is 1. The SMILES string of the molecule is COCCN1C(=O)C(Nc2cccc(C)c2)=C(c2ccc(C)c(C)c2)C1=O. The summed E-state index contributed by atoms with van der Waals surface area (Å²) in [7, 11) is 1.55. The van der Waals surface area contributed by atoms with E-state index in [-0.39, 0.29) is 18.4 Å². The van der Waals surface area contributed by atoms with E-state index < -0.39 is 0 Å². The van der Waals surface area contributed by atoms with Crippen LogP contribution in [0.4, 0.5) is 5.69 Å². The number of anilines is 1. The van der Waals surface area contributed by atoms with Gasteiger partial charge in [0.2, 0.25) is 0 Å². The van der Waals surface area contributed by atoms with Crippen molar-refractivity contribution in [1.82, 2.24) is 4.90 Å². The zero-order valence-electron chi connectivity index (χ0n) is 16.1. The van der Waals surface area contributed by atoms with Gasteiger partial charge in [0.25, 0.3) is 11.8 Å². The van der Waals surface area contributed by atoms with Crippen LogP contribution >= 0.6 is 0 Å². The fourth-order valence-corrected chi connectivity index (χ4v) is 3.11. The summed E-state index contributed by atoms with van der Waals surface area (Å²) in [5.74, 6) is -0.623. The maximum absolute atomic E-state index is 13.0. The second-order valence-corrected chi connectivity index (χ2v) is 6.80. The number of hydrogen-bond acceptors (Lipinski definition) is 4. The van der Waals surface area contributed by atoms with Gasteiger partial charge in [-0.15, -0.1) is 0 Å². The van der Waals surface area contributed by atoms with Crippen LogP contribution in [0.15, 0.2) is 48.2 Å².